The van der Waals surface area contributed by atoms with Gasteiger partial charge in [-0.25, -0.2) is 12.8 Å². The van der Waals surface area contributed by atoms with Crippen LogP contribution in [0, 0.1) is 11.7 Å². The zero-order valence-electron chi connectivity index (χ0n) is 13.3. The molecule has 1 amide bonds. The Kier molecular flexibility index (Phi) is 6.49. The van der Waals surface area contributed by atoms with E-state index in [1.807, 2.05) is 13.8 Å². The van der Waals surface area contributed by atoms with Gasteiger partial charge in [0.25, 0.3) is 0 Å². The number of nitrogens with one attached hydrogen (secondary N) is 2. The summed E-state index contributed by atoms with van der Waals surface area (Å²) in [6.45, 7) is 7.20. The number of hydrogen-bond donors (Lipinski definition) is 2. The van der Waals surface area contributed by atoms with Gasteiger partial charge in [-0.15, -0.1) is 0 Å². The van der Waals surface area contributed by atoms with E-state index in [4.69, 9.17) is 0 Å². The monoisotopic (exact) mass is 330 g/mol. The molecule has 1 aromatic carbocycles. The molecular weight excluding hydrogens is 307 g/mol. The largest absolute Gasteiger partial charge is 0.352 e. The molecule has 1 aromatic rings. The minimum Gasteiger partial charge on any atom is -0.352 e. The molecule has 7 heteroatoms. The second kappa shape index (κ2) is 7.69. The molecule has 2 unspecified atom stereocenters. The summed E-state index contributed by atoms with van der Waals surface area (Å²) in [5.74, 6) is -1.53. The van der Waals surface area contributed by atoms with Gasteiger partial charge in [0.1, 0.15) is 16.8 Å². The van der Waals surface area contributed by atoms with Gasteiger partial charge in [0.2, 0.25) is 15.9 Å². The summed E-state index contributed by atoms with van der Waals surface area (Å²) in [4.78, 5) is 11.8. The Bertz CT molecular complexity index is 617. The molecule has 2 N–H and O–H groups in total. The van der Waals surface area contributed by atoms with E-state index in [0.29, 0.717) is 0 Å². The Morgan fingerprint density at radius 3 is 2.32 bits per heavy atom. The number of carbonyl (C=O) groups is 1. The average molecular weight is 330 g/mol. The number of benzene rings is 1. The summed E-state index contributed by atoms with van der Waals surface area (Å²) in [5.41, 5.74) is 0. The minimum atomic E-state index is -4.11. The van der Waals surface area contributed by atoms with Crippen LogP contribution in [0.4, 0.5) is 4.39 Å². The van der Waals surface area contributed by atoms with Crippen LogP contribution in [-0.2, 0) is 14.8 Å². The molecule has 5 nitrogen and oxygen atoms in total. The van der Waals surface area contributed by atoms with Crippen LogP contribution >= 0.6 is 0 Å². The lowest BCUT2D eigenvalue weighted by Gasteiger charge is -2.23. The number of amides is 1. The van der Waals surface area contributed by atoms with Crippen molar-refractivity contribution in [2.45, 2.75) is 51.1 Å². The Balaban J connectivity index is 3.00. The first-order valence-corrected chi connectivity index (χ1v) is 8.74. The van der Waals surface area contributed by atoms with E-state index < -0.39 is 32.7 Å². The third kappa shape index (κ3) is 4.78. The molecule has 0 saturated carbocycles. The van der Waals surface area contributed by atoms with Crippen LogP contribution in [0.5, 0.6) is 0 Å². The molecule has 0 radical (unpaired) electrons. The summed E-state index contributed by atoms with van der Waals surface area (Å²) in [6, 6.07) is 4.05. The van der Waals surface area contributed by atoms with Crippen LogP contribution in [0.1, 0.15) is 34.1 Å². The van der Waals surface area contributed by atoms with Gasteiger partial charge >= 0.3 is 0 Å². The Hall–Kier alpha value is -1.47. The van der Waals surface area contributed by atoms with Gasteiger partial charge in [-0.3, -0.25) is 4.79 Å². The van der Waals surface area contributed by atoms with Crippen LogP contribution < -0.4 is 10.0 Å². The predicted molar refractivity (Wildman–Crippen MR) is 83.2 cm³/mol. The number of sulfonamides is 1. The molecule has 1 rings (SSSR count). The first-order chi connectivity index (χ1) is 10.2. The van der Waals surface area contributed by atoms with Crippen molar-refractivity contribution in [1.82, 2.24) is 10.0 Å². The molecule has 124 valence electrons. The zero-order valence-corrected chi connectivity index (χ0v) is 14.1. The van der Waals surface area contributed by atoms with E-state index in [1.54, 1.807) is 13.8 Å². The fourth-order valence-electron chi connectivity index (χ4n) is 1.82. The standard InChI is InChI=1S/C15H23FN2O3S/c1-5-11(4)17-15(19)14(10(2)3)18-22(20,21)13-9-7-6-8-12(13)16/h6-11,14,18H,5H2,1-4H3,(H,17,19). The van der Waals surface area contributed by atoms with Gasteiger partial charge in [-0.05, 0) is 31.4 Å². The van der Waals surface area contributed by atoms with Crippen LogP contribution in [-0.4, -0.2) is 26.4 Å². The molecule has 0 aliphatic rings. The van der Waals surface area contributed by atoms with Crippen molar-refractivity contribution in [1.29, 1.82) is 0 Å². The maximum absolute atomic E-state index is 13.7. The molecule has 0 bridgehead atoms. The highest BCUT2D eigenvalue weighted by Crippen LogP contribution is 2.15. The molecular formula is C15H23FN2O3S. The van der Waals surface area contributed by atoms with Crippen molar-refractivity contribution in [2.75, 3.05) is 0 Å². The fraction of sp³-hybridized carbons (Fsp3) is 0.533. The zero-order chi connectivity index (χ0) is 16.9. The quantitative estimate of drug-likeness (QED) is 0.803. The van der Waals surface area contributed by atoms with E-state index in [2.05, 4.69) is 10.0 Å². The first-order valence-electron chi connectivity index (χ1n) is 7.26. The molecule has 0 heterocycles. The average Bonchev–Trinajstić information content (AvgIpc) is 2.44. The maximum atomic E-state index is 13.7. The second-order valence-electron chi connectivity index (χ2n) is 5.59. The lowest BCUT2D eigenvalue weighted by atomic mass is 10.0. The third-order valence-electron chi connectivity index (χ3n) is 3.36. The van der Waals surface area contributed by atoms with Crippen molar-refractivity contribution >= 4 is 15.9 Å². The predicted octanol–water partition coefficient (Wildman–Crippen LogP) is 2.04. The molecule has 0 spiro atoms. The Morgan fingerprint density at radius 1 is 1.23 bits per heavy atom. The van der Waals surface area contributed by atoms with Gasteiger partial charge < -0.3 is 5.32 Å². The minimum absolute atomic E-state index is 0.0632. The van der Waals surface area contributed by atoms with E-state index in [-0.39, 0.29) is 12.0 Å². The van der Waals surface area contributed by atoms with Crippen LogP contribution in [0.25, 0.3) is 0 Å². The van der Waals surface area contributed by atoms with Gasteiger partial charge in [0.05, 0.1) is 0 Å². The number of rotatable bonds is 7. The van der Waals surface area contributed by atoms with Crippen LogP contribution in [0.2, 0.25) is 0 Å². The maximum Gasteiger partial charge on any atom is 0.244 e. The van der Waals surface area contributed by atoms with E-state index in [9.17, 15) is 17.6 Å². The highest BCUT2D eigenvalue weighted by molar-refractivity contribution is 7.89. The molecule has 22 heavy (non-hydrogen) atoms. The van der Waals surface area contributed by atoms with Crippen molar-refractivity contribution in [3.05, 3.63) is 30.1 Å². The second-order valence-corrected chi connectivity index (χ2v) is 7.27. The Morgan fingerprint density at radius 2 is 1.82 bits per heavy atom. The van der Waals surface area contributed by atoms with Gasteiger partial charge in [-0.2, -0.15) is 4.72 Å². The van der Waals surface area contributed by atoms with E-state index in [0.717, 1.165) is 12.5 Å². The summed E-state index contributed by atoms with van der Waals surface area (Å²) in [7, 11) is -4.11. The van der Waals surface area contributed by atoms with E-state index >= 15 is 0 Å². The molecule has 0 saturated heterocycles. The molecule has 0 aliphatic carbocycles. The van der Waals surface area contributed by atoms with Crippen molar-refractivity contribution in [3.63, 3.8) is 0 Å². The van der Waals surface area contributed by atoms with E-state index in [1.165, 1.54) is 18.2 Å². The summed E-state index contributed by atoms with van der Waals surface area (Å²) < 4.78 is 40.6. The first kappa shape index (κ1) is 18.6. The van der Waals surface area contributed by atoms with Crippen molar-refractivity contribution in [2.24, 2.45) is 5.92 Å². The molecule has 0 fully saturated rings. The smallest absolute Gasteiger partial charge is 0.244 e. The van der Waals surface area contributed by atoms with Crippen LogP contribution in [0.15, 0.2) is 29.2 Å². The fourth-order valence-corrected chi connectivity index (χ4v) is 3.24. The molecule has 0 aromatic heterocycles. The van der Waals surface area contributed by atoms with Crippen molar-refractivity contribution < 1.29 is 17.6 Å². The number of carbonyl (C=O) groups excluding carboxylic acids is 1. The lowest BCUT2D eigenvalue weighted by Crippen LogP contribution is -2.51. The number of halogens is 1. The third-order valence-corrected chi connectivity index (χ3v) is 4.83. The summed E-state index contributed by atoms with van der Waals surface area (Å²) in [5, 5.41) is 2.74. The van der Waals surface area contributed by atoms with Gasteiger partial charge in [-0.1, -0.05) is 32.9 Å². The summed E-state index contributed by atoms with van der Waals surface area (Å²) >= 11 is 0. The topological polar surface area (TPSA) is 75.3 Å². The highest BCUT2D eigenvalue weighted by Gasteiger charge is 2.30. The number of hydrogen-bond acceptors (Lipinski definition) is 3. The van der Waals surface area contributed by atoms with Gasteiger partial charge in [0.15, 0.2) is 0 Å². The SMILES string of the molecule is CCC(C)NC(=O)C(NS(=O)(=O)c1ccccc1F)C(C)C. The molecule has 2 atom stereocenters. The summed E-state index contributed by atoms with van der Waals surface area (Å²) in [6.07, 6.45) is 0.733. The Labute approximate surface area is 131 Å². The lowest BCUT2D eigenvalue weighted by molar-refractivity contribution is -0.124. The molecule has 0 aliphatic heterocycles. The highest BCUT2D eigenvalue weighted by atomic mass is 32.2. The van der Waals surface area contributed by atoms with Gasteiger partial charge in [0, 0.05) is 6.04 Å². The van der Waals surface area contributed by atoms with Crippen LogP contribution in [0.3, 0.4) is 0 Å². The normalized spacial score (nSPS) is 14.6. The van der Waals surface area contributed by atoms with Crippen molar-refractivity contribution in [3.8, 4) is 0 Å².